The number of carbonyl (C=O) groups is 4. The highest BCUT2D eigenvalue weighted by molar-refractivity contribution is 9.09. The number of esters is 2. The Labute approximate surface area is 146 Å². The fraction of sp³-hybridized carbons (Fsp3) is 0.571. The zero-order chi connectivity index (χ0) is 18.0. The SMILES string of the molecule is C=C1CN([C@H]2O[C@@H](COC(C)=O)[C@H](OC(C)=O)[C@@H]2Br)C(=O)NC1=O. The van der Waals surface area contributed by atoms with E-state index in [1.165, 1.54) is 18.7 Å². The van der Waals surface area contributed by atoms with Crippen LogP contribution in [0, 0.1) is 0 Å². The van der Waals surface area contributed by atoms with Gasteiger partial charge in [-0.05, 0) is 0 Å². The number of rotatable bonds is 4. The minimum absolute atomic E-state index is 0.0233. The summed E-state index contributed by atoms with van der Waals surface area (Å²) in [5.41, 5.74) is 0.199. The molecule has 0 spiro atoms. The van der Waals surface area contributed by atoms with Gasteiger partial charge in [-0.3, -0.25) is 24.6 Å². The van der Waals surface area contributed by atoms with Crippen molar-refractivity contribution in [2.75, 3.05) is 13.2 Å². The van der Waals surface area contributed by atoms with E-state index in [1.807, 2.05) is 0 Å². The standard InChI is InChI=1S/C14H17BrN2O7/c1-6-4-17(14(21)16-12(6)20)13-10(15)11(23-8(3)19)9(24-13)5-22-7(2)18/h9-11,13H,1,4-5H2,2-3H3,(H,16,20,21)/t9-,10-,11-,13-/m0/s1. The maximum atomic E-state index is 12.0. The van der Waals surface area contributed by atoms with E-state index in [9.17, 15) is 19.2 Å². The molecule has 4 atom stereocenters. The monoisotopic (exact) mass is 404 g/mol. The molecule has 2 aliphatic heterocycles. The van der Waals surface area contributed by atoms with Gasteiger partial charge in [-0.25, -0.2) is 4.79 Å². The molecule has 0 aliphatic carbocycles. The van der Waals surface area contributed by atoms with Gasteiger partial charge in [0.1, 0.15) is 18.8 Å². The molecule has 132 valence electrons. The number of alkyl halides is 1. The van der Waals surface area contributed by atoms with Crippen LogP contribution in [-0.4, -0.2) is 65.2 Å². The quantitative estimate of drug-likeness (QED) is 0.401. The van der Waals surface area contributed by atoms with Crippen LogP contribution in [0.5, 0.6) is 0 Å². The molecule has 0 aromatic heterocycles. The molecule has 0 unspecified atom stereocenters. The Morgan fingerprint density at radius 2 is 2.04 bits per heavy atom. The van der Waals surface area contributed by atoms with Gasteiger partial charge in [0.05, 0.1) is 11.4 Å². The Hall–Kier alpha value is -1.94. The molecule has 0 saturated carbocycles. The van der Waals surface area contributed by atoms with Crippen LogP contribution >= 0.6 is 15.9 Å². The number of hydrogen-bond donors (Lipinski definition) is 1. The number of imide groups is 1. The van der Waals surface area contributed by atoms with Crippen LogP contribution in [0.3, 0.4) is 0 Å². The molecule has 24 heavy (non-hydrogen) atoms. The van der Waals surface area contributed by atoms with Crippen LogP contribution in [0.4, 0.5) is 4.79 Å². The molecule has 0 aromatic carbocycles. The lowest BCUT2D eigenvalue weighted by molar-refractivity contribution is -0.156. The van der Waals surface area contributed by atoms with Gasteiger partial charge in [0.15, 0.2) is 6.23 Å². The van der Waals surface area contributed by atoms with E-state index in [-0.39, 0.29) is 18.7 Å². The van der Waals surface area contributed by atoms with E-state index in [2.05, 4.69) is 27.8 Å². The normalized spacial score (nSPS) is 30.1. The molecule has 3 amide bonds. The molecule has 2 fully saturated rings. The van der Waals surface area contributed by atoms with Gasteiger partial charge in [0.25, 0.3) is 5.91 Å². The number of ether oxygens (including phenoxy) is 3. The van der Waals surface area contributed by atoms with E-state index in [4.69, 9.17) is 14.2 Å². The Morgan fingerprint density at radius 1 is 1.38 bits per heavy atom. The fourth-order valence-electron chi connectivity index (χ4n) is 2.42. The number of nitrogens with zero attached hydrogens (tertiary/aromatic N) is 1. The second kappa shape index (κ2) is 7.31. The molecule has 2 saturated heterocycles. The summed E-state index contributed by atoms with van der Waals surface area (Å²) in [6.07, 6.45) is -2.36. The van der Waals surface area contributed by atoms with Crippen LogP contribution in [0.1, 0.15) is 13.8 Å². The first-order valence-electron chi connectivity index (χ1n) is 7.10. The Kier molecular flexibility index (Phi) is 5.60. The minimum atomic E-state index is -0.834. The van der Waals surface area contributed by atoms with Crippen LogP contribution in [0.2, 0.25) is 0 Å². The predicted octanol–water partition coefficient (Wildman–Crippen LogP) is 0.0776. The van der Waals surface area contributed by atoms with Crippen molar-refractivity contribution >= 4 is 39.8 Å². The number of urea groups is 1. The summed E-state index contributed by atoms with van der Waals surface area (Å²) >= 11 is 3.37. The summed E-state index contributed by atoms with van der Waals surface area (Å²) < 4.78 is 15.9. The fourth-order valence-corrected chi connectivity index (χ4v) is 3.28. The first-order valence-corrected chi connectivity index (χ1v) is 8.02. The lowest BCUT2D eigenvalue weighted by Crippen LogP contribution is -2.56. The summed E-state index contributed by atoms with van der Waals surface area (Å²) in [4.78, 5) is 46.5. The number of nitrogens with one attached hydrogen (secondary N) is 1. The second-order valence-corrected chi connectivity index (χ2v) is 6.43. The molecule has 2 rings (SSSR count). The summed E-state index contributed by atoms with van der Waals surface area (Å²) in [5, 5.41) is 2.15. The smallest absolute Gasteiger partial charge is 0.326 e. The molecule has 1 N–H and O–H groups in total. The Bertz CT molecular complexity index is 594. The second-order valence-electron chi connectivity index (χ2n) is 5.38. The van der Waals surface area contributed by atoms with Gasteiger partial charge in [-0.2, -0.15) is 0 Å². The van der Waals surface area contributed by atoms with Crippen LogP contribution in [0.15, 0.2) is 12.2 Å². The Morgan fingerprint density at radius 3 is 2.62 bits per heavy atom. The van der Waals surface area contributed by atoms with Gasteiger partial charge in [-0.1, -0.05) is 22.5 Å². The lowest BCUT2D eigenvalue weighted by Gasteiger charge is -2.33. The molecule has 9 nitrogen and oxygen atoms in total. The van der Waals surface area contributed by atoms with E-state index in [0.717, 1.165) is 0 Å². The number of hydrogen-bond acceptors (Lipinski definition) is 7. The van der Waals surface area contributed by atoms with E-state index < -0.39 is 47.1 Å². The average Bonchev–Trinajstić information content (AvgIpc) is 2.77. The first kappa shape index (κ1) is 18.4. The highest BCUT2D eigenvalue weighted by Gasteiger charge is 2.50. The van der Waals surface area contributed by atoms with Gasteiger partial charge in [0.2, 0.25) is 0 Å². The number of carbonyl (C=O) groups excluding carboxylic acids is 4. The summed E-state index contributed by atoms with van der Waals surface area (Å²) in [6, 6.07) is -0.642. The predicted molar refractivity (Wildman–Crippen MR) is 82.9 cm³/mol. The lowest BCUT2D eigenvalue weighted by atomic mass is 10.1. The van der Waals surface area contributed by atoms with E-state index in [0.29, 0.717) is 0 Å². The van der Waals surface area contributed by atoms with Gasteiger partial charge in [-0.15, -0.1) is 0 Å². The van der Waals surface area contributed by atoms with Crippen LogP contribution in [-0.2, 0) is 28.6 Å². The van der Waals surface area contributed by atoms with Gasteiger partial charge >= 0.3 is 18.0 Å². The third-order valence-electron chi connectivity index (χ3n) is 3.49. The van der Waals surface area contributed by atoms with Crippen molar-refractivity contribution in [1.82, 2.24) is 10.2 Å². The molecular weight excluding hydrogens is 388 g/mol. The maximum absolute atomic E-state index is 12.0. The molecule has 2 aliphatic rings. The van der Waals surface area contributed by atoms with Crippen LogP contribution < -0.4 is 5.32 Å². The molecule has 0 bridgehead atoms. The summed E-state index contributed by atoms with van der Waals surface area (Å²) in [7, 11) is 0. The largest absolute Gasteiger partial charge is 0.463 e. The molecular formula is C14H17BrN2O7. The maximum Gasteiger partial charge on any atom is 0.326 e. The van der Waals surface area contributed by atoms with Gasteiger partial charge in [0, 0.05) is 19.4 Å². The van der Waals surface area contributed by atoms with E-state index in [1.54, 1.807) is 0 Å². The molecule has 10 heteroatoms. The van der Waals surface area contributed by atoms with Gasteiger partial charge < -0.3 is 14.2 Å². The van der Waals surface area contributed by atoms with Crippen molar-refractivity contribution in [2.45, 2.75) is 37.1 Å². The third kappa shape index (κ3) is 3.93. The minimum Gasteiger partial charge on any atom is -0.463 e. The Balaban J connectivity index is 2.16. The zero-order valence-corrected chi connectivity index (χ0v) is 14.7. The van der Waals surface area contributed by atoms with Crippen molar-refractivity contribution in [3.05, 3.63) is 12.2 Å². The van der Waals surface area contributed by atoms with Crippen molar-refractivity contribution in [1.29, 1.82) is 0 Å². The zero-order valence-electron chi connectivity index (χ0n) is 13.1. The highest BCUT2D eigenvalue weighted by Crippen LogP contribution is 2.33. The van der Waals surface area contributed by atoms with Crippen LogP contribution in [0.25, 0.3) is 0 Å². The summed E-state index contributed by atoms with van der Waals surface area (Å²) in [5.74, 6) is -1.60. The third-order valence-corrected chi connectivity index (χ3v) is 4.46. The topological polar surface area (TPSA) is 111 Å². The van der Waals surface area contributed by atoms with E-state index >= 15 is 0 Å². The highest BCUT2D eigenvalue weighted by atomic mass is 79.9. The molecule has 0 aromatic rings. The molecule has 0 radical (unpaired) electrons. The van der Waals surface area contributed by atoms with Crippen molar-refractivity contribution < 1.29 is 33.4 Å². The number of amides is 3. The van der Waals surface area contributed by atoms with Crippen molar-refractivity contribution in [3.8, 4) is 0 Å². The van der Waals surface area contributed by atoms with Crippen molar-refractivity contribution in [3.63, 3.8) is 0 Å². The average molecular weight is 405 g/mol. The molecule has 2 heterocycles. The summed E-state index contributed by atoms with van der Waals surface area (Å²) in [6.45, 7) is 5.91. The number of halogens is 1. The first-order chi connectivity index (χ1) is 11.2. The van der Waals surface area contributed by atoms with Crippen molar-refractivity contribution in [2.24, 2.45) is 0 Å².